The molecule has 1 aromatic carbocycles. The molecule has 0 aliphatic carbocycles. The van der Waals surface area contributed by atoms with Crippen LogP contribution in [0.5, 0.6) is 0 Å². The predicted octanol–water partition coefficient (Wildman–Crippen LogP) is 3.38. The first-order valence-corrected chi connectivity index (χ1v) is 10.1. The molecule has 2 aromatic heterocycles. The number of rotatable bonds is 5. The molecule has 1 aliphatic heterocycles. The number of carbonyl (C=O) groups is 1. The fourth-order valence-corrected chi connectivity index (χ4v) is 3.72. The van der Waals surface area contributed by atoms with Gasteiger partial charge in [-0.05, 0) is 38.8 Å². The zero-order valence-electron chi connectivity index (χ0n) is 17.0. The quantitative estimate of drug-likeness (QED) is 0.674. The van der Waals surface area contributed by atoms with Crippen LogP contribution in [0.3, 0.4) is 0 Å². The third-order valence-electron chi connectivity index (χ3n) is 5.41. The predicted molar refractivity (Wildman–Crippen MR) is 113 cm³/mol. The zero-order valence-corrected chi connectivity index (χ0v) is 17.7. The van der Waals surface area contributed by atoms with Crippen molar-refractivity contribution < 1.29 is 9.18 Å². The number of carbonyl (C=O) groups excluding carboxylic acids is 1. The Hall–Kier alpha value is -3.00. The highest BCUT2D eigenvalue weighted by Crippen LogP contribution is 2.33. The van der Waals surface area contributed by atoms with Crippen molar-refractivity contribution in [3.8, 4) is 0 Å². The molecule has 1 aliphatic rings. The van der Waals surface area contributed by atoms with Crippen LogP contribution in [0.15, 0.2) is 30.5 Å². The number of benzene rings is 1. The first-order chi connectivity index (χ1) is 14.3. The number of hydrogen-bond donors (Lipinski definition) is 1. The second kappa shape index (κ2) is 8.02. The van der Waals surface area contributed by atoms with Gasteiger partial charge in [-0.25, -0.2) is 9.07 Å². The van der Waals surface area contributed by atoms with Crippen molar-refractivity contribution in [1.29, 1.82) is 0 Å². The maximum absolute atomic E-state index is 14.1. The van der Waals surface area contributed by atoms with E-state index in [1.165, 1.54) is 6.07 Å². The molecule has 9 heteroatoms. The largest absolute Gasteiger partial charge is 0.361 e. The Labute approximate surface area is 178 Å². The highest BCUT2D eigenvalue weighted by Gasteiger charge is 2.28. The van der Waals surface area contributed by atoms with E-state index in [4.69, 9.17) is 11.6 Å². The normalized spacial score (nSPS) is 15.8. The van der Waals surface area contributed by atoms with E-state index in [9.17, 15) is 9.18 Å². The van der Waals surface area contributed by atoms with E-state index in [2.05, 4.69) is 20.6 Å². The minimum Gasteiger partial charge on any atom is -0.361 e. The van der Waals surface area contributed by atoms with Gasteiger partial charge in [-0.3, -0.25) is 9.78 Å². The van der Waals surface area contributed by atoms with Gasteiger partial charge in [-0.15, -0.1) is 5.10 Å². The Bertz CT molecular complexity index is 1110. The van der Waals surface area contributed by atoms with Gasteiger partial charge >= 0.3 is 0 Å². The maximum Gasteiger partial charge on any atom is 0.246 e. The van der Waals surface area contributed by atoms with Gasteiger partial charge < -0.3 is 10.2 Å². The first-order valence-electron chi connectivity index (χ1n) is 9.69. The summed E-state index contributed by atoms with van der Waals surface area (Å²) in [6.07, 6.45) is 3.13. The highest BCUT2D eigenvalue weighted by atomic mass is 35.5. The van der Waals surface area contributed by atoms with Gasteiger partial charge in [0.1, 0.15) is 11.9 Å². The Morgan fingerprint density at radius 1 is 1.27 bits per heavy atom. The van der Waals surface area contributed by atoms with Crippen LogP contribution >= 0.6 is 11.6 Å². The van der Waals surface area contributed by atoms with E-state index in [1.807, 2.05) is 31.9 Å². The molecule has 30 heavy (non-hydrogen) atoms. The molecule has 4 rings (SSSR count). The molecule has 0 saturated carbocycles. The van der Waals surface area contributed by atoms with Crippen molar-refractivity contribution in [2.75, 3.05) is 17.3 Å². The molecule has 3 aromatic rings. The van der Waals surface area contributed by atoms with Crippen LogP contribution in [0.25, 0.3) is 0 Å². The lowest BCUT2D eigenvalue weighted by atomic mass is 10.1. The summed E-state index contributed by atoms with van der Waals surface area (Å²) < 4.78 is 15.7. The number of pyridine rings is 1. The summed E-state index contributed by atoms with van der Waals surface area (Å²) in [6.45, 7) is 4.02. The highest BCUT2D eigenvalue weighted by molar-refractivity contribution is 6.30. The number of nitrogens with one attached hydrogen (secondary N) is 1. The van der Waals surface area contributed by atoms with Crippen molar-refractivity contribution in [3.05, 3.63) is 63.9 Å². The third kappa shape index (κ3) is 3.87. The second-order valence-corrected chi connectivity index (χ2v) is 7.90. The molecule has 1 atom stereocenters. The van der Waals surface area contributed by atoms with Gasteiger partial charge in [0.15, 0.2) is 0 Å². The molecular weight excluding hydrogens is 407 g/mol. The molecule has 0 radical (unpaired) electrons. The Kier molecular flexibility index (Phi) is 5.42. The summed E-state index contributed by atoms with van der Waals surface area (Å²) >= 11 is 5.84. The zero-order chi connectivity index (χ0) is 21.4. The summed E-state index contributed by atoms with van der Waals surface area (Å²) in [5.41, 5.74) is 4.69. The van der Waals surface area contributed by atoms with Gasteiger partial charge in [0.05, 0.1) is 34.3 Å². The average molecular weight is 429 g/mol. The van der Waals surface area contributed by atoms with Crippen molar-refractivity contribution >= 4 is 28.9 Å². The van der Waals surface area contributed by atoms with Gasteiger partial charge in [0.25, 0.3) is 0 Å². The summed E-state index contributed by atoms with van der Waals surface area (Å²) in [7, 11) is 1.91. The van der Waals surface area contributed by atoms with E-state index in [1.54, 1.807) is 23.0 Å². The molecule has 3 heterocycles. The number of amides is 1. The topological polar surface area (TPSA) is 75.9 Å². The van der Waals surface area contributed by atoms with Gasteiger partial charge in [-0.1, -0.05) is 28.9 Å². The number of fused-ring (bicyclic) bond motifs is 1. The smallest absolute Gasteiger partial charge is 0.246 e. The first kappa shape index (κ1) is 20.3. The van der Waals surface area contributed by atoms with Crippen LogP contribution in [-0.2, 0) is 24.2 Å². The molecule has 156 valence electrons. The Balaban J connectivity index is 1.47. The second-order valence-electron chi connectivity index (χ2n) is 7.49. The van der Waals surface area contributed by atoms with Crippen LogP contribution in [0.2, 0.25) is 5.02 Å². The molecule has 1 N–H and O–H groups in total. The number of nitrogens with zero attached hydrogens (tertiary/aromatic N) is 5. The lowest BCUT2D eigenvalue weighted by Crippen LogP contribution is -2.44. The van der Waals surface area contributed by atoms with Crippen molar-refractivity contribution in [3.63, 3.8) is 0 Å². The van der Waals surface area contributed by atoms with Gasteiger partial charge in [0, 0.05) is 24.5 Å². The van der Waals surface area contributed by atoms with E-state index in [0.29, 0.717) is 18.4 Å². The molecule has 0 spiro atoms. The maximum atomic E-state index is 14.1. The molecule has 0 saturated heterocycles. The number of hydrogen-bond acceptors (Lipinski definition) is 5. The van der Waals surface area contributed by atoms with Crippen LogP contribution in [0.4, 0.5) is 15.8 Å². The number of aryl methyl sites for hydroxylation is 3. The molecule has 0 unspecified atom stereocenters. The van der Waals surface area contributed by atoms with Crippen molar-refractivity contribution in [1.82, 2.24) is 20.0 Å². The van der Waals surface area contributed by atoms with E-state index >= 15 is 0 Å². The molecule has 7 nitrogen and oxygen atoms in total. The summed E-state index contributed by atoms with van der Waals surface area (Å²) in [5, 5.41) is 11.3. The lowest BCUT2D eigenvalue weighted by Gasteiger charge is -2.34. The molecule has 0 bridgehead atoms. The number of anilines is 2. The molecule has 1 amide bonds. The van der Waals surface area contributed by atoms with Crippen molar-refractivity contribution in [2.24, 2.45) is 0 Å². The van der Waals surface area contributed by atoms with Gasteiger partial charge in [0.2, 0.25) is 5.91 Å². The van der Waals surface area contributed by atoms with Crippen LogP contribution in [0, 0.1) is 12.7 Å². The monoisotopic (exact) mass is 428 g/mol. The number of halogens is 2. The lowest BCUT2D eigenvalue weighted by molar-refractivity contribution is -0.117. The number of likely N-dealkylation sites (N-methyl/N-ethyl adjacent to an activating group) is 1. The van der Waals surface area contributed by atoms with Gasteiger partial charge in [-0.2, -0.15) is 0 Å². The molecular formula is C21H22ClFN6O. The minimum atomic E-state index is -0.435. The van der Waals surface area contributed by atoms with Crippen LogP contribution in [-0.4, -0.2) is 39.0 Å². The van der Waals surface area contributed by atoms with Crippen LogP contribution < -0.4 is 10.2 Å². The molecule has 0 fully saturated rings. The van der Waals surface area contributed by atoms with E-state index in [0.717, 1.165) is 28.5 Å². The summed E-state index contributed by atoms with van der Waals surface area (Å²) in [5.74, 6) is -0.467. The Morgan fingerprint density at radius 3 is 2.83 bits per heavy atom. The van der Waals surface area contributed by atoms with E-state index in [-0.39, 0.29) is 23.5 Å². The Morgan fingerprint density at radius 2 is 2.03 bits per heavy atom. The minimum absolute atomic E-state index is 0.0320. The standard InChI is InChI=1S/C21H22ClFN6O/c1-12-20-18(28(3)13(2)21(30)25-20)9-15(24-12)7-8-16-11-29(27-26-16)10-14-5-4-6-17(22)19(14)23/h4-6,9,11,13H,7-8,10H2,1-3H3,(H,25,30)/t13-/m0/s1. The van der Waals surface area contributed by atoms with Crippen molar-refractivity contribution in [2.45, 2.75) is 39.3 Å². The summed E-state index contributed by atoms with van der Waals surface area (Å²) in [6, 6.07) is 6.68. The fraction of sp³-hybridized carbons (Fsp3) is 0.333. The average Bonchev–Trinajstić information content (AvgIpc) is 3.16. The fourth-order valence-electron chi connectivity index (χ4n) is 3.52. The SMILES string of the molecule is Cc1nc(CCc2cn(Cc3cccc(Cl)c3F)nn2)cc2c1NC(=O)[C@H](C)N2C. The van der Waals surface area contributed by atoms with E-state index < -0.39 is 5.82 Å². The summed E-state index contributed by atoms with van der Waals surface area (Å²) in [4.78, 5) is 18.7. The number of aromatic nitrogens is 4. The van der Waals surface area contributed by atoms with Crippen LogP contribution in [0.1, 0.15) is 29.6 Å². The third-order valence-corrected chi connectivity index (χ3v) is 5.70.